The molecular formula is C26H34N4O3S2. The Morgan fingerprint density at radius 1 is 1.17 bits per heavy atom. The largest absolute Gasteiger partial charge is 0.372 e. The smallest absolute Gasteiger partial charge is 0.267 e. The van der Waals surface area contributed by atoms with Gasteiger partial charge in [0.15, 0.2) is 0 Å². The van der Waals surface area contributed by atoms with Crippen molar-refractivity contribution in [3.05, 3.63) is 44.7 Å². The molecule has 35 heavy (non-hydrogen) atoms. The standard InChI is InChI=1S/C26H34N4O3S2/c1-5-6-7-8-9-12-30-25(32)21(35-26(30)34)14-20-23(28-15-18(3)33-19(4)16-28)27-22-17(2)11-10-13-29(22)24(20)31/h10-11,13-14,18-19H,5-9,12,15-16H2,1-4H3. The van der Waals surface area contributed by atoms with Crippen molar-refractivity contribution in [2.24, 2.45) is 0 Å². The van der Waals surface area contributed by atoms with Crippen LogP contribution in [0.5, 0.6) is 0 Å². The van der Waals surface area contributed by atoms with Crippen molar-refractivity contribution in [1.29, 1.82) is 0 Å². The van der Waals surface area contributed by atoms with Gasteiger partial charge in [0, 0.05) is 25.8 Å². The van der Waals surface area contributed by atoms with Crippen LogP contribution in [0.3, 0.4) is 0 Å². The number of aryl methyl sites for hydroxylation is 1. The highest BCUT2D eigenvalue weighted by Gasteiger charge is 2.33. The molecule has 0 bridgehead atoms. The number of hydrogen-bond donors (Lipinski definition) is 0. The van der Waals surface area contributed by atoms with E-state index in [4.69, 9.17) is 21.9 Å². The number of hydrogen-bond acceptors (Lipinski definition) is 7. The number of pyridine rings is 1. The molecule has 2 aromatic rings. The first-order valence-corrected chi connectivity index (χ1v) is 13.7. The minimum absolute atomic E-state index is 0.00893. The number of nitrogens with zero attached hydrogens (tertiary/aromatic N) is 4. The molecule has 7 nitrogen and oxygen atoms in total. The van der Waals surface area contributed by atoms with Crippen LogP contribution in [-0.4, -0.2) is 56.4 Å². The normalized spacial score (nSPS) is 22.1. The van der Waals surface area contributed by atoms with Gasteiger partial charge in [0.25, 0.3) is 11.5 Å². The van der Waals surface area contributed by atoms with Gasteiger partial charge in [-0.15, -0.1) is 0 Å². The second kappa shape index (κ2) is 11.2. The molecule has 4 heterocycles. The van der Waals surface area contributed by atoms with Gasteiger partial charge in [-0.1, -0.05) is 62.7 Å². The zero-order valence-electron chi connectivity index (χ0n) is 21.0. The van der Waals surface area contributed by atoms with Crippen LogP contribution in [-0.2, 0) is 9.53 Å². The lowest BCUT2D eigenvalue weighted by Crippen LogP contribution is -2.46. The molecule has 0 N–H and O–H groups in total. The third kappa shape index (κ3) is 5.62. The van der Waals surface area contributed by atoms with E-state index in [0.717, 1.165) is 18.4 Å². The number of unbranched alkanes of at least 4 members (excludes halogenated alkanes) is 4. The van der Waals surface area contributed by atoms with E-state index >= 15 is 0 Å². The second-order valence-corrected chi connectivity index (χ2v) is 11.1. The summed E-state index contributed by atoms with van der Waals surface area (Å²) in [6.07, 6.45) is 9.00. The molecule has 2 aromatic heterocycles. The minimum atomic E-state index is -0.190. The topological polar surface area (TPSA) is 67.2 Å². The van der Waals surface area contributed by atoms with Crippen LogP contribution >= 0.6 is 24.0 Å². The van der Waals surface area contributed by atoms with Crippen LogP contribution in [0.15, 0.2) is 28.0 Å². The molecule has 2 atom stereocenters. The monoisotopic (exact) mass is 514 g/mol. The lowest BCUT2D eigenvalue weighted by molar-refractivity contribution is -0.122. The number of carbonyl (C=O) groups excluding carboxylic acids is 1. The maximum Gasteiger partial charge on any atom is 0.267 e. The van der Waals surface area contributed by atoms with Gasteiger partial charge in [-0.3, -0.25) is 18.9 Å². The third-order valence-electron chi connectivity index (χ3n) is 6.42. The van der Waals surface area contributed by atoms with Gasteiger partial charge in [0.1, 0.15) is 15.8 Å². The van der Waals surface area contributed by atoms with Gasteiger partial charge in [0.05, 0.1) is 22.7 Å². The Hall–Kier alpha value is -2.23. The lowest BCUT2D eigenvalue weighted by atomic mass is 10.1. The van der Waals surface area contributed by atoms with Gasteiger partial charge in [-0.25, -0.2) is 4.98 Å². The Kier molecular flexibility index (Phi) is 8.29. The maximum atomic E-state index is 13.7. The van der Waals surface area contributed by atoms with Crippen LogP contribution in [0.1, 0.15) is 64.0 Å². The van der Waals surface area contributed by atoms with Crippen molar-refractivity contribution >= 4 is 51.7 Å². The number of anilines is 1. The Bertz CT molecular complexity index is 1200. The number of carbonyl (C=O) groups is 1. The summed E-state index contributed by atoms with van der Waals surface area (Å²) >= 11 is 6.80. The summed E-state index contributed by atoms with van der Waals surface area (Å²) in [5.41, 5.74) is 1.76. The molecule has 188 valence electrons. The molecule has 0 radical (unpaired) electrons. The highest BCUT2D eigenvalue weighted by atomic mass is 32.2. The number of thiocarbonyl (C=S) groups is 1. The Balaban J connectivity index is 1.71. The molecule has 2 fully saturated rings. The first kappa shape index (κ1) is 25.9. The highest BCUT2D eigenvalue weighted by Crippen LogP contribution is 2.34. The average Bonchev–Trinajstić information content (AvgIpc) is 3.07. The van der Waals surface area contributed by atoms with Crippen LogP contribution < -0.4 is 10.5 Å². The molecule has 0 saturated carbocycles. The van der Waals surface area contributed by atoms with Crippen LogP contribution in [0.4, 0.5) is 5.82 Å². The van der Waals surface area contributed by atoms with E-state index in [1.165, 1.54) is 31.0 Å². The van der Waals surface area contributed by atoms with E-state index in [9.17, 15) is 9.59 Å². The first-order chi connectivity index (χ1) is 16.8. The summed E-state index contributed by atoms with van der Waals surface area (Å²) < 4.78 is 8.02. The quantitative estimate of drug-likeness (QED) is 0.285. The number of thioether (sulfide) groups is 1. The maximum absolute atomic E-state index is 13.7. The van der Waals surface area contributed by atoms with Gasteiger partial charge >= 0.3 is 0 Å². The fourth-order valence-electron chi connectivity index (χ4n) is 4.72. The zero-order valence-corrected chi connectivity index (χ0v) is 22.6. The van der Waals surface area contributed by atoms with E-state index in [1.54, 1.807) is 21.6 Å². The lowest BCUT2D eigenvalue weighted by Gasteiger charge is -2.36. The Morgan fingerprint density at radius 3 is 2.60 bits per heavy atom. The van der Waals surface area contributed by atoms with Crippen molar-refractivity contribution < 1.29 is 9.53 Å². The molecule has 2 aliphatic rings. The van der Waals surface area contributed by atoms with Crippen molar-refractivity contribution in [3.8, 4) is 0 Å². The molecule has 0 aromatic carbocycles. The summed E-state index contributed by atoms with van der Waals surface area (Å²) in [6.45, 7) is 10.0. The molecular weight excluding hydrogens is 480 g/mol. The summed E-state index contributed by atoms with van der Waals surface area (Å²) in [4.78, 5) is 36.1. The minimum Gasteiger partial charge on any atom is -0.372 e. The number of aromatic nitrogens is 2. The predicted molar refractivity (Wildman–Crippen MR) is 147 cm³/mol. The van der Waals surface area contributed by atoms with Crippen molar-refractivity contribution in [2.45, 2.75) is 72.0 Å². The number of fused-ring (bicyclic) bond motifs is 1. The molecule has 2 saturated heterocycles. The second-order valence-electron chi connectivity index (χ2n) is 9.45. The van der Waals surface area contributed by atoms with E-state index in [2.05, 4.69) is 11.8 Å². The number of rotatable bonds is 8. The van der Waals surface area contributed by atoms with E-state index in [-0.39, 0.29) is 23.7 Å². The molecule has 4 rings (SSSR count). The van der Waals surface area contributed by atoms with Crippen LogP contribution in [0.25, 0.3) is 11.7 Å². The molecule has 0 aliphatic carbocycles. The SMILES string of the molecule is CCCCCCCN1C(=O)C(=Cc2c(N3CC(C)OC(C)C3)nc3c(C)cccn3c2=O)SC1=S. The van der Waals surface area contributed by atoms with Crippen LogP contribution in [0.2, 0.25) is 0 Å². The average molecular weight is 515 g/mol. The van der Waals surface area contributed by atoms with E-state index < -0.39 is 0 Å². The number of amides is 1. The van der Waals surface area contributed by atoms with Crippen molar-refractivity contribution in [2.75, 3.05) is 24.5 Å². The van der Waals surface area contributed by atoms with E-state index in [0.29, 0.717) is 45.9 Å². The molecule has 2 aliphatic heterocycles. The van der Waals surface area contributed by atoms with E-state index in [1.807, 2.05) is 32.9 Å². The fraction of sp³-hybridized carbons (Fsp3) is 0.538. The summed E-state index contributed by atoms with van der Waals surface area (Å²) in [7, 11) is 0. The van der Waals surface area contributed by atoms with Gasteiger partial charge in [-0.2, -0.15) is 0 Å². The summed E-state index contributed by atoms with van der Waals surface area (Å²) in [5, 5.41) is 0. The highest BCUT2D eigenvalue weighted by molar-refractivity contribution is 8.26. The summed E-state index contributed by atoms with van der Waals surface area (Å²) in [6, 6.07) is 3.78. The third-order valence-corrected chi connectivity index (χ3v) is 7.80. The Labute approximate surface area is 216 Å². The summed E-state index contributed by atoms with van der Waals surface area (Å²) in [5.74, 6) is 0.468. The van der Waals surface area contributed by atoms with Crippen LogP contribution in [0, 0.1) is 6.92 Å². The number of ether oxygens (including phenoxy) is 1. The van der Waals surface area contributed by atoms with Crippen molar-refractivity contribution in [1.82, 2.24) is 14.3 Å². The predicted octanol–water partition coefficient (Wildman–Crippen LogP) is 4.79. The first-order valence-electron chi connectivity index (χ1n) is 12.5. The fourth-order valence-corrected chi connectivity index (χ4v) is 6.01. The van der Waals surface area contributed by atoms with Gasteiger partial charge in [-0.05, 0) is 44.9 Å². The Morgan fingerprint density at radius 2 is 1.89 bits per heavy atom. The van der Waals surface area contributed by atoms with Crippen molar-refractivity contribution in [3.63, 3.8) is 0 Å². The van der Waals surface area contributed by atoms with Gasteiger partial charge < -0.3 is 9.64 Å². The molecule has 2 unspecified atom stereocenters. The van der Waals surface area contributed by atoms with Gasteiger partial charge in [0.2, 0.25) is 0 Å². The molecule has 0 spiro atoms. The zero-order chi connectivity index (χ0) is 25.1. The molecule has 1 amide bonds. The number of morpholine rings is 1. The molecule has 9 heteroatoms.